The predicted octanol–water partition coefficient (Wildman–Crippen LogP) is 6.85. The summed E-state index contributed by atoms with van der Waals surface area (Å²) < 4.78 is 8.46. The van der Waals surface area contributed by atoms with Crippen LogP contribution < -0.4 is 4.74 Å². The molecule has 1 aliphatic carbocycles. The second kappa shape index (κ2) is 8.20. The smallest absolute Gasteiger partial charge is 0.192 e. The van der Waals surface area contributed by atoms with Crippen LogP contribution in [0.3, 0.4) is 0 Å². The van der Waals surface area contributed by atoms with Gasteiger partial charge in [0.25, 0.3) is 0 Å². The van der Waals surface area contributed by atoms with Crippen LogP contribution in [0.15, 0.2) is 90.2 Å². The van der Waals surface area contributed by atoms with E-state index in [1.807, 2.05) is 54.7 Å². The van der Waals surface area contributed by atoms with Crippen molar-refractivity contribution in [2.75, 3.05) is 0 Å². The average molecular weight is 439 g/mol. The maximum atomic E-state index is 6.14. The Balaban J connectivity index is 1.29. The number of thioether (sulfide) groups is 1. The minimum Gasteiger partial charge on any atom is -0.457 e. The van der Waals surface area contributed by atoms with Crippen molar-refractivity contribution in [3.05, 3.63) is 90.6 Å². The third kappa shape index (κ3) is 3.67. The van der Waals surface area contributed by atoms with Crippen molar-refractivity contribution < 1.29 is 4.74 Å². The Labute approximate surface area is 190 Å². The Hall–Kier alpha value is -3.51. The Morgan fingerprint density at radius 1 is 0.906 bits per heavy atom. The summed E-state index contributed by atoms with van der Waals surface area (Å²) in [5.41, 5.74) is 3.37. The van der Waals surface area contributed by atoms with Crippen molar-refractivity contribution in [1.82, 2.24) is 19.7 Å². The number of nitrogens with one attached hydrogen (secondary N) is 1. The standard InChI is InChI=1S/C26H22N4OS/c1-2-9-20(10-3-1)31-24-13-7-4-8-18(24)17-32-26-29-28-25(30(26)19-14-15-19)22-16-27-23-12-6-5-11-21(22)23/h1-13,16,19,27H,14-15,17H2. The van der Waals surface area contributed by atoms with Crippen LogP contribution in [-0.2, 0) is 5.75 Å². The monoisotopic (exact) mass is 438 g/mol. The normalized spacial score (nSPS) is 13.5. The Bertz CT molecular complexity index is 1370. The van der Waals surface area contributed by atoms with Gasteiger partial charge in [0.1, 0.15) is 11.5 Å². The molecule has 6 rings (SSSR count). The highest BCUT2D eigenvalue weighted by Gasteiger charge is 2.31. The number of H-pyrrole nitrogens is 1. The lowest BCUT2D eigenvalue weighted by molar-refractivity contribution is 0.478. The molecule has 1 fully saturated rings. The van der Waals surface area contributed by atoms with Gasteiger partial charge >= 0.3 is 0 Å². The summed E-state index contributed by atoms with van der Waals surface area (Å²) in [6, 6.07) is 26.9. The van der Waals surface area contributed by atoms with Gasteiger partial charge in [0.05, 0.1) is 0 Å². The van der Waals surface area contributed by atoms with Crippen LogP contribution in [0.4, 0.5) is 0 Å². The lowest BCUT2D eigenvalue weighted by atomic mass is 10.1. The predicted molar refractivity (Wildman–Crippen MR) is 128 cm³/mol. The molecule has 1 N–H and O–H groups in total. The second-order valence-corrected chi connectivity index (χ2v) is 8.91. The fourth-order valence-corrected chi connectivity index (χ4v) is 4.95. The molecule has 5 nitrogen and oxygen atoms in total. The highest BCUT2D eigenvalue weighted by atomic mass is 32.2. The summed E-state index contributed by atoms with van der Waals surface area (Å²) in [6.07, 6.45) is 4.40. The van der Waals surface area contributed by atoms with Crippen LogP contribution in [0.2, 0.25) is 0 Å². The number of aromatic amines is 1. The van der Waals surface area contributed by atoms with E-state index in [0.29, 0.717) is 6.04 Å². The molecule has 5 aromatic rings. The molecular weight excluding hydrogens is 416 g/mol. The van der Waals surface area contributed by atoms with Crippen LogP contribution in [0.25, 0.3) is 22.3 Å². The third-order valence-electron chi connectivity index (χ3n) is 5.71. The van der Waals surface area contributed by atoms with Crippen LogP contribution in [0.5, 0.6) is 11.5 Å². The van der Waals surface area contributed by atoms with E-state index in [2.05, 4.69) is 50.1 Å². The van der Waals surface area contributed by atoms with E-state index in [4.69, 9.17) is 4.74 Å². The first-order valence-corrected chi connectivity index (χ1v) is 11.8. The van der Waals surface area contributed by atoms with Gasteiger partial charge in [-0.15, -0.1) is 10.2 Å². The molecule has 3 aromatic carbocycles. The van der Waals surface area contributed by atoms with Crippen molar-refractivity contribution in [3.63, 3.8) is 0 Å². The van der Waals surface area contributed by atoms with Crippen molar-refractivity contribution in [1.29, 1.82) is 0 Å². The Kier molecular flexibility index (Phi) is 4.92. The van der Waals surface area contributed by atoms with Gasteiger partial charge in [-0.05, 0) is 37.1 Å². The first kappa shape index (κ1) is 19.2. The van der Waals surface area contributed by atoms with E-state index in [1.54, 1.807) is 11.8 Å². The van der Waals surface area contributed by atoms with Gasteiger partial charge in [-0.2, -0.15) is 0 Å². The zero-order chi connectivity index (χ0) is 21.3. The highest BCUT2D eigenvalue weighted by molar-refractivity contribution is 7.98. The van der Waals surface area contributed by atoms with Crippen molar-refractivity contribution in [2.24, 2.45) is 0 Å². The topological polar surface area (TPSA) is 55.7 Å². The summed E-state index contributed by atoms with van der Waals surface area (Å²) >= 11 is 1.72. The molecule has 0 unspecified atom stereocenters. The second-order valence-electron chi connectivity index (χ2n) is 7.97. The molecule has 0 amide bonds. The van der Waals surface area contributed by atoms with Crippen LogP contribution in [-0.4, -0.2) is 19.7 Å². The number of fused-ring (bicyclic) bond motifs is 1. The molecule has 2 heterocycles. The Morgan fingerprint density at radius 2 is 1.69 bits per heavy atom. The van der Waals surface area contributed by atoms with Gasteiger partial charge in [-0.1, -0.05) is 66.4 Å². The molecule has 1 saturated carbocycles. The Morgan fingerprint density at radius 3 is 2.56 bits per heavy atom. The van der Waals surface area contributed by atoms with E-state index in [1.165, 1.54) is 18.2 Å². The molecule has 0 spiro atoms. The molecule has 0 radical (unpaired) electrons. The fourth-order valence-electron chi connectivity index (χ4n) is 3.96. The van der Waals surface area contributed by atoms with E-state index in [9.17, 15) is 0 Å². The summed E-state index contributed by atoms with van der Waals surface area (Å²) in [6.45, 7) is 0. The van der Waals surface area contributed by atoms with Crippen LogP contribution in [0.1, 0.15) is 24.4 Å². The lowest BCUT2D eigenvalue weighted by Crippen LogP contribution is -2.00. The summed E-state index contributed by atoms with van der Waals surface area (Å²) in [5.74, 6) is 3.43. The molecule has 2 aromatic heterocycles. The molecule has 1 aliphatic rings. The molecular formula is C26H22N4OS. The van der Waals surface area contributed by atoms with Gasteiger partial charge in [0.2, 0.25) is 0 Å². The lowest BCUT2D eigenvalue weighted by Gasteiger charge is -2.12. The number of benzene rings is 3. The van der Waals surface area contributed by atoms with Gasteiger partial charge in [-0.3, -0.25) is 4.57 Å². The minimum atomic E-state index is 0.479. The summed E-state index contributed by atoms with van der Waals surface area (Å²) in [5, 5.41) is 11.3. The third-order valence-corrected chi connectivity index (χ3v) is 6.70. The van der Waals surface area contributed by atoms with E-state index >= 15 is 0 Å². The van der Waals surface area contributed by atoms with Gasteiger partial charge in [0, 0.05) is 40.0 Å². The maximum absolute atomic E-state index is 6.14. The number of para-hydroxylation sites is 3. The molecule has 0 saturated heterocycles. The van der Waals surface area contributed by atoms with Crippen molar-refractivity contribution in [3.8, 4) is 22.9 Å². The molecule has 0 aliphatic heterocycles. The zero-order valence-electron chi connectivity index (χ0n) is 17.4. The van der Waals surface area contributed by atoms with E-state index < -0.39 is 0 Å². The summed E-state index contributed by atoms with van der Waals surface area (Å²) in [7, 11) is 0. The van der Waals surface area contributed by atoms with Crippen molar-refractivity contribution in [2.45, 2.75) is 29.8 Å². The first-order valence-electron chi connectivity index (χ1n) is 10.8. The number of ether oxygens (including phenoxy) is 1. The summed E-state index contributed by atoms with van der Waals surface area (Å²) in [4.78, 5) is 3.37. The van der Waals surface area contributed by atoms with E-state index in [-0.39, 0.29) is 0 Å². The van der Waals surface area contributed by atoms with Gasteiger partial charge in [-0.25, -0.2) is 0 Å². The van der Waals surface area contributed by atoms with E-state index in [0.717, 1.165) is 44.9 Å². The van der Waals surface area contributed by atoms with Crippen LogP contribution >= 0.6 is 11.8 Å². The highest BCUT2D eigenvalue weighted by Crippen LogP contribution is 2.43. The SMILES string of the molecule is c1ccc(Oc2ccccc2CSc2nnc(-c3c[nH]c4ccccc34)n2C2CC2)cc1. The molecule has 32 heavy (non-hydrogen) atoms. The molecule has 0 bridgehead atoms. The minimum absolute atomic E-state index is 0.479. The first-order chi connectivity index (χ1) is 15.9. The molecule has 158 valence electrons. The quantitative estimate of drug-likeness (QED) is 0.282. The number of hydrogen-bond acceptors (Lipinski definition) is 4. The van der Waals surface area contributed by atoms with Gasteiger partial charge in [0.15, 0.2) is 11.0 Å². The maximum Gasteiger partial charge on any atom is 0.192 e. The molecule has 0 atom stereocenters. The largest absolute Gasteiger partial charge is 0.457 e. The fraction of sp³-hybridized carbons (Fsp3) is 0.154. The van der Waals surface area contributed by atoms with Gasteiger partial charge < -0.3 is 9.72 Å². The molecule has 6 heteroatoms. The average Bonchev–Trinajstić information content (AvgIpc) is 3.45. The number of nitrogens with zero attached hydrogens (tertiary/aromatic N) is 3. The number of hydrogen-bond donors (Lipinski definition) is 1. The van der Waals surface area contributed by atoms with Crippen LogP contribution in [0, 0.1) is 0 Å². The zero-order valence-corrected chi connectivity index (χ0v) is 18.3. The number of rotatable bonds is 7. The number of aromatic nitrogens is 4. The van der Waals surface area contributed by atoms with Crippen molar-refractivity contribution >= 4 is 22.7 Å².